The summed E-state index contributed by atoms with van der Waals surface area (Å²) in [4.78, 5) is 8.64. The summed E-state index contributed by atoms with van der Waals surface area (Å²) >= 11 is 1.50. The van der Waals surface area contributed by atoms with Crippen molar-refractivity contribution >= 4 is 11.8 Å². The molecule has 0 unspecified atom stereocenters. The molecule has 1 aliphatic carbocycles. The first-order valence-corrected chi connectivity index (χ1v) is 5.92. The zero-order valence-corrected chi connectivity index (χ0v) is 9.60. The zero-order chi connectivity index (χ0) is 10.9. The van der Waals surface area contributed by atoms with Crippen molar-refractivity contribution in [3.63, 3.8) is 0 Å². The van der Waals surface area contributed by atoms with Gasteiger partial charge in [0.2, 0.25) is 5.88 Å². The SMILES string of the molecule is C#CC1(c2cc(OC)nc(SC)n2)CC1. The Balaban J connectivity index is 2.44. The Morgan fingerprint density at radius 3 is 2.73 bits per heavy atom. The topological polar surface area (TPSA) is 35.0 Å². The molecule has 1 saturated carbocycles. The minimum atomic E-state index is -0.152. The Kier molecular flexibility index (Phi) is 2.57. The molecule has 1 aromatic rings. The minimum absolute atomic E-state index is 0.152. The molecule has 1 aromatic heterocycles. The van der Waals surface area contributed by atoms with E-state index < -0.39 is 0 Å². The molecule has 1 aliphatic rings. The molecule has 0 amide bonds. The van der Waals surface area contributed by atoms with Crippen molar-refractivity contribution in [3.8, 4) is 18.2 Å². The Morgan fingerprint density at radius 1 is 1.53 bits per heavy atom. The molecule has 0 N–H and O–H groups in total. The van der Waals surface area contributed by atoms with E-state index in [0.717, 1.165) is 18.5 Å². The summed E-state index contributed by atoms with van der Waals surface area (Å²) in [7, 11) is 1.60. The van der Waals surface area contributed by atoms with Gasteiger partial charge in [0.05, 0.1) is 18.2 Å². The number of terminal acetylenes is 1. The van der Waals surface area contributed by atoms with Gasteiger partial charge in [0.1, 0.15) is 0 Å². The Morgan fingerprint density at radius 2 is 2.27 bits per heavy atom. The molecule has 1 fully saturated rings. The number of hydrogen-bond acceptors (Lipinski definition) is 4. The fourth-order valence-electron chi connectivity index (χ4n) is 1.44. The van der Waals surface area contributed by atoms with Gasteiger partial charge in [-0.2, -0.15) is 4.98 Å². The average molecular weight is 220 g/mol. The molecule has 0 saturated heterocycles. The quantitative estimate of drug-likeness (QED) is 0.442. The van der Waals surface area contributed by atoms with Gasteiger partial charge in [0.15, 0.2) is 5.16 Å². The molecule has 0 atom stereocenters. The van der Waals surface area contributed by atoms with Crippen LogP contribution in [0.5, 0.6) is 5.88 Å². The van der Waals surface area contributed by atoms with Crippen LogP contribution in [0.1, 0.15) is 18.5 Å². The van der Waals surface area contributed by atoms with Crippen molar-refractivity contribution in [2.45, 2.75) is 23.4 Å². The summed E-state index contributed by atoms with van der Waals surface area (Å²) in [6, 6.07) is 1.84. The van der Waals surface area contributed by atoms with Gasteiger partial charge >= 0.3 is 0 Å². The van der Waals surface area contributed by atoms with Crippen LogP contribution in [0.3, 0.4) is 0 Å². The minimum Gasteiger partial charge on any atom is -0.481 e. The number of nitrogens with zero attached hydrogens (tertiary/aromatic N) is 2. The van der Waals surface area contributed by atoms with E-state index >= 15 is 0 Å². The highest BCUT2D eigenvalue weighted by Crippen LogP contribution is 2.47. The summed E-state index contributed by atoms with van der Waals surface area (Å²) in [5.41, 5.74) is 0.766. The summed E-state index contributed by atoms with van der Waals surface area (Å²) in [6.07, 6.45) is 9.49. The van der Waals surface area contributed by atoms with Gasteiger partial charge in [-0.15, -0.1) is 6.42 Å². The van der Waals surface area contributed by atoms with Crippen LogP contribution >= 0.6 is 11.8 Å². The highest BCUT2D eigenvalue weighted by molar-refractivity contribution is 7.98. The van der Waals surface area contributed by atoms with Gasteiger partial charge in [-0.25, -0.2) is 4.98 Å². The highest BCUT2D eigenvalue weighted by Gasteiger charge is 2.44. The second-order valence-corrected chi connectivity index (χ2v) is 4.28. The van der Waals surface area contributed by atoms with E-state index in [0.29, 0.717) is 11.0 Å². The fourth-order valence-corrected chi connectivity index (χ4v) is 1.82. The van der Waals surface area contributed by atoms with Crippen molar-refractivity contribution in [2.24, 2.45) is 0 Å². The van der Waals surface area contributed by atoms with Crippen LogP contribution in [0.4, 0.5) is 0 Å². The number of methoxy groups -OCH3 is 1. The van der Waals surface area contributed by atoms with Crippen LogP contribution in [0, 0.1) is 12.3 Å². The summed E-state index contributed by atoms with van der Waals surface area (Å²) in [5, 5.41) is 0.714. The van der Waals surface area contributed by atoms with Crippen molar-refractivity contribution in [3.05, 3.63) is 11.8 Å². The summed E-state index contributed by atoms with van der Waals surface area (Å²) in [6.45, 7) is 0. The molecule has 4 heteroatoms. The lowest BCUT2D eigenvalue weighted by Gasteiger charge is -2.09. The molecular weight excluding hydrogens is 208 g/mol. The predicted molar refractivity (Wildman–Crippen MR) is 60.1 cm³/mol. The van der Waals surface area contributed by atoms with Gasteiger partial charge in [0, 0.05) is 6.07 Å². The molecule has 2 rings (SSSR count). The molecule has 1 heterocycles. The first kappa shape index (κ1) is 10.3. The maximum atomic E-state index is 5.53. The third kappa shape index (κ3) is 1.80. The number of ether oxygens (including phenoxy) is 1. The summed E-state index contributed by atoms with van der Waals surface area (Å²) < 4.78 is 5.13. The van der Waals surface area contributed by atoms with Crippen molar-refractivity contribution in [1.29, 1.82) is 0 Å². The zero-order valence-electron chi connectivity index (χ0n) is 8.78. The van der Waals surface area contributed by atoms with Crippen LogP contribution in [0.2, 0.25) is 0 Å². The maximum absolute atomic E-state index is 5.53. The van der Waals surface area contributed by atoms with Crippen LogP contribution < -0.4 is 4.74 Å². The van der Waals surface area contributed by atoms with E-state index in [4.69, 9.17) is 11.2 Å². The van der Waals surface area contributed by atoms with E-state index in [1.807, 2.05) is 12.3 Å². The standard InChI is InChI=1S/C11H12N2OS/c1-4-11(5-6-11)8-7-9(14-2)13-10(12-8)15-3/h1,7H,5-6H2,2-3H3. The van der Waals surface area contributed by atoms with Crippen molar-refractivity contribution in [2.75, 3.05) is 13.4 Å². The molecule has 0 bridgehead atoms. The largest absolute Gasteiger partial charge is 0.481 e. The monoisotopic (exact) mass is 220 g/mol. The second-order valence-electron chi connectivity index (χ2n) is 3.51. The van der Waals surface area contributed by atoms with Gasteiger partial charge < -0.3 is 4.74 Å². The lowest BCUT2D eigenvalue weighted by atomic mass is 10.0. The van der Waals surface area contributed by atoms with Gasteiger partial charge in [-0.3, -0.25) is 0 Å². The lowest BCUT2D eigenvalue weighted by molar-refractivity contribution is 0.390. The maximum Gasteiger partial charge on any atom is 0.217 e. The first-order chi connectivity index (χ1) is 7.24. The molecule has 0 spiro atoms. The third-order valence-electron chi connectivity index (χ3n) is 2.59. The summed E-state index contributed by atoms with van der Waals surface area (Å²) in [5.74, 6) is 3.41. The Hall–Kier alpha value is -1.21. The van der Waals surface area contributed by atoms with E-state index in [2.05, 4.69) is 15.9 Å². The number of rotatable bonds is 3. The molecule has 0 aliphatic heterocycles. The van der Waals surface area contributed by atoms with Gasteiger partial charge in [-0.1, -0.05) is 17.7 Å². The van der Waals surface area contributed by atoms with E-state index in [-0.39, 0.29) is 5.41 Å². The van der Waals surface area contributed by atoms with Crippen molar-refractivity contribution in [1.82, 2.24) is 9.97 Å². The molecule has 78 valence electrons. The van der Waals surface area contributed by atoms with Gasteiger partial charge in [-0.05, 0) is 19.1 Å². The normalized spacial score (nSPS) is 16.9. The fraction of sp³-hybridized carbons (Fsp3) is 0.455. The number of thioether (sulfide) groups is 1. The molecule has 15 heavy (non-hydrogen) atoms. The number of aromatic nitrogens is 2. The number of hydrogen-bond donors (Lipinski definition) is 0. The Bertz CT molecular complexity index is 399. The van der Waals surface area contributed by atoms with E-state index in [9.17, 15) is 0 Å². The smallest absolute Gasteiger partial charge is 0.217 e. The predicted octanol–water partition coefficient (Wildman–Crippen LogP) is 1.87. The van der Waals surface area contributed by atoms with Crippen LogP contribution in [-0.4, -0.2) is 23.3 Å². The van der Waals surface area contributed by atoms with Crippen LogP contribution in [-0.2, 0) is 5.41 Å². The second kappa shape index (κ2) is 3.74. The third-order valence-corrected chi connectivity index (χ3v) is 3.14. The van der Waals surface area contributed by atoms with Crippen molar-refractivity contribution < 1.29 is 4.74 Å². The Labute approximate surface area is 93.7 Å². The van der Waals surface area contributed by atoms with Crippen LogP contribution in [0.25, 0.3) is 0 Å². The lowest BCUT2D eigenvalue weighted by Crippen LogP contribution is -2.08. The van der Waals surface area contributed by atoms with Gasteiger partial charge in [0.25, 0.3) is 0 Å². The highest BCUT2D eigenvalue weighted by atomic mass is 32.2. The van der Waals surface area contributed by atoms with Crippen LogP contribution in [0.15, 0.2) is 11.2 Å². The van der Waals surface area contributed by atoms with E-state index in [1.165, 1.54) is 11.8 Å². The molecule has 0 aromatic carbocycles. The first-order valence-electron chi connectivity index (χ1n) is 4.69. The molecular formula is C11H12N2OS. The van der Waals surface area contributed by atoms with E-state index in [1.54, 1.807) is 7.11 Å². The average Bonchev–Trinajstić information content (AvgIpc) is 3.09. The molecule has 3 nitrogen and oxygen atoms in total. The molecule has 0 radical (unpaired) electrons.